The summed E-state index contributed by atoms with van der Waals surface area (Å²) in [6.07, 6.45) is 2.57. The summed E-state index contributed by atoms with van der Waals surface area (Å²) in [5.74, 6) is -0.490. The van der Waals surface area contributed by atoms with Crippen molar-refractivity contribution in [2.75, 3.05) is 29.9 Å². The Morgan fingerprint density at radius 1 is 1.23 bits per heavy atom. The molecule has 2 saturated heterocycles. The lowest BCUT2D eigenvalue weighted by molar-refractivity contribution is -0.129. The lowest BCUT2D eigenvalue weighted by Crippen LogP contribution is -2.33. The number of nitrogens with one attached hydrogen (secondary N) is 1. The fraction of sp³-hybridized carbons (Fsp3) is 0.556. The van der Waals surface area contributed by atoms with Crippen molar-refractivity contribution in [3.05, 3.63) is 12.1 Å². The second-order valence-corrected chi connectivity index (χ2v) is 7.32. The van der Waals surface area contributed by atoms with Gasteiger partial charge in [0.15, 0.2) is 11.0 Å². The molecule has 2 amide bonds. The number of hydrogen-bond donors (Lipinski definition) is 1. The van der Waals surface area contributed by atoms with E-state index in [0.717, 1.165) is 31.6 Å². The zero-order valence-corrected chi connectivity index (χ0v) is 15.1. The topological polar surface area (TPSA) is 91.6 Å². The summed E-state index contributed by atoms with van der Waals surface area (Å²) < 4.78 is 4.94. The van der Waals surface area contributed by atoms with Crippen molar-refractivity contribution in [1.82, 2.24) is 15.2 Å². The first-order valence-electron chi connectivity index (χ1n) is 9.15. The number of rotatable bonds is 4. The molecule has 2 aliphatic heterocycles. The van der Waals surface area contributed by atoms with Crippen LogP contribution in [-0.2, 0) is 9.59 Å². The summed E-state index contributed by atoms with van der Waals surface area (Å²) in [6.45, 7) is 6.35. The van der Waals surface area contributed by atoms with Crippen molar-refractivity contribution < 1.29 is 14.2 Å². The maximum atomic E-state index is 12.7. The van der Waals surface area contributed by atoms with Gasteiger partial charge in [0.25, 0.3) is 0 Å². The van der Waals surface area contributed by atoms with Crippen LogP contribution in [0.5, 0.6) is 0 Å². The van der Waals surface area contributed by atoms with Gasteiger partial charge in [0.05, 0.1) is 17.3 Å². The van der Waals surface area contributed by atoms with E-state index in [1.165, 1.54) is 0 Å². The number of fused-ring (bicyclic) bond motifs is 1. The SMILES string of the molecule is CC(C)N1C[C@@H](C(=O)Nc2ccc(N3CCCC3)c3nonc23)CC1=O. The quantitative estimate of drug-likeness (QED) is 0.900. The van der Waals surface area contributed by atoms with E-state index < -0.39 is 0 Å². The number of hydrogen-bond acceptors (Lipinski definition) is 6. The van der Waals surface area contributed by atoms with Gasteiger partial charge in [-0.15, -0.1) is 0 Å². The van der Waals surface area contributed by atoms with Crippen LogP contribution in [0.1, 0.15) is 33.1 Å². The zero-order chi connectivity index (χ0) is 18.3. The summed E-state index contributed by atoms with van der Waals surface area (Å²) in [5, 5.41) is 10.9. The molecule has 0 spiro atoms. The number of nitrogens with zero attached hydrogens (tertiary/aromatic N) is 4. The molecule has 0 bridgehead atoms. The van der Waals surface area contributed by atoms with Crippen LogP contribution in [0.4, 0.5) is 11.4 Å². The number of carbonyl (C=O) groups is 2. The Bertz CT molecular complexity index is 840. The van der Waals surface area contributed by atoms with E-state index in [0.29, 0.717) is 23.3 Å². The summed E-state index contributed by atoms with van der Waals surface area (Å²) in [4.78, 5) is 28.7. The molecule has 3 heterocycles. The largest absolute Gasteiger partial charge is 0.370 e. The highest BCUT2D eigenvalue weighted by atomic mass is 16.6. The Morgan fingerprint density at radius 3 is 2.65 bits per heavy atom. The molecule has 1 aromatic heterocycles. The van der Waals surface area contributed by atoms with E-state index in [4.69, 9.17) is 4.63 Å². The van der Waals surface area contributed by atoms with Crippen LogP contribution >= 0.6 is 0 Å². The van der Waals surface area contributed by atoms with Crippen molar-refractivity contribution in [2.45, 2.75) is 39.2 Å². The minimum Gasteiger partial charge on any atom is -0.370 e. The number of carbonyl (C=O) groups excluding carboxylic acids is 2. The Kier molecular flexibility index (Phi) is 4.26. The Balaban J connectivity index is 1.54. The molecule has 0 aliphatic carbocycles. The van der Waals surface area contributed by atoms with Gasteiger partial charge in [0.2, 0.25) is 11.8 Å². The number of amides is 2. The molecule has 0 unspecified atom stereocenters. The molecule has 0 saturated carbocycles. The highest BCUT2D eigenvalue weighted by Gasteiger charge is 2.35. The molecule has 2 fully saturated rings. The summed E-state index contributed by atoms with van der Waals surface area (Å²) in [6, 6.07) is 3.90. The first kappa shape index (κ1) is 16.8. The van der Waals surface area contributed by atoms with Crippen LogP contribution in [0.2, 0.25) is 0 Å². The van der Waals surface area contributed by atoms with Crippen molar-refractivity contribution >= 4 is 34.2 Å². The molecule has 2 aliphatic rings. The molecule has 1 atom stereocenters. The fourth-order valence-corrected chi connectivity index (χ4v) is 3.81. The van der Waals surface area contributed by atoms with Crippen LogP contribution in [0.15, 0.2) is 16.8 Å². The summed E-state index contributed by atoms with van der Waals surface area (Å²) in [5.41, 5.74) is 2.77. The third-order valence-corrected chi connectivity index (χ3v) is 5.25. The summed E-state index contributed by atoms with van der Waals surface area (Å²) in [7, 11) is 0. The van der Waals surface area contributed by atoms with E-state index in [2.05, 4.69) is 20.5 Å². The molecule has 138 valence electrons. The minimum atomic E-state index is -0.349. The van der Waals surface area contributed by atoms with E-state index in [1.807, 2.05) is 26.0 Å². The third kappa shape index (κ3) is 2.89. The molecule has 26 heavy (non-hydrogen) atoms. The third-order valence-electron chi connectivity index (χ3n) is 5.25. The van der Waals surface area contributed by atoms with Gasteiger partial charge < -0.3 is 15.1 Å². The van der Waals surface area contributed by atoms with Crippen molar-refractivity contribution in [3.63, 3.8) is 0 Å². The number of benzene rings is 1. The smallest absolute Gasteiger partial charge is 0.229 e. The highest BCUT2D eigenvalue weighted by molar-refractivity contribution is 6.04. The van der Waals surface area contributed by atoms with E-state index in [9.17, 15) is 9.59 Å². The standard InChI is InChI=1S/C18H23N5O3/c1-11(2)23-10-12(9-15(23)24)18(25)19-13-5-6-14(22-7-3-4-8-22)17-16(13)20-26-21-17/h5-6,11-12H,3-4,7-10H2,1-2H3,(H,19,25)/t12-/m0/s1. The molecule has 2 aromatic rings. The highest BCUT2D eigenvalue weighted by Crippen LogP contribution is 2.32. The van der Waals surface area contributed by atoms with Gasteiger partial charge in [-0.1, -0.05) is 0 Å². The van der Waals surface area contributed by atoms with E-state index in [1.54, 1.807) is 4.90 Å². The second-order valence-electron chi connectivity index (χ2n) is 7.32. The van der Waals surface area contributed by atoms with Gasteiger partial charge in [0.1, 0.15) is 0 Å². The monoisotopic (exact) mass is 357 g/mol. The van der Waals surface area contributed by atoms with Crippen LogP contribution in [0.3, 0.4) is 0 Å². The second kappa shape index (κ2) is 6.59. The fourth-order valence-electron chi connectivity index (χ4n) is 3.81. The minimum absolute atomic E-state index is 0.0257. The van der Waals surface area contributed by atoms with E-state index >= 15 is 0 Å². The van der Waals surface area contributed by atoms with Gasteiger partial charge in [-0.25, -0.2) is 4.63 Å². The average molecular weight is 357 g/mol. The molecular weight excluding hydrogens is 334 g/mol. The average Bonchev–Trinajstić information content (AvgIpc) is 3.35. The van der Waals surface area contributed by atoms with Crippen LogP contribution < -0.4 is 10.2 Å². The van der Waals surface area contributed by atoms with Gasteiger partial charge >= 0.3 is 0 Å². The lowest BCUT2D eigenvalue weighted by atomic mass is 10.1. The number of likely N-dealkylation sites (tertiary alicyclic amines) is 1. The van der Waals surface area contributed by atoms with Crippen molar-refractivity contribution in [1.29, 1.82) is 0 Å². The molecule has 1 aromatic carbocycles. The Hall–Kier alpha value is -2.64. The zero-order valence-electron chi connectivity index (χ0n) is 15.1. The molecule has 8 heteroatoms. The molecule has 8 nitrogen and oxygen atoms in total. The number of anilines is 2. The summed E-state index contributed by atoms with van der Waals surface area (Å²) >= 11 is 0. The molecule has 4 rings (SSSR count). The number of aromatic nitrogens is 2. The Labute approximate surface area is 151 Å². The van der Waals surface area contributed by atoms with Gasteiger partial charge in [-0.2, -0.15) is 0 Å². The molecular formula is C18H23N5O3. The maximum absolute atomic E-state index is 12.7. The van der Waals surface area contributed by atoms with Crippen molar-refractivity contribution in [3.8, 4) is 0 Å². The first-order valence-corrected chi connectivity index (χ1v) is 9.15. The molecule has 0 radical (unpaired) electrons. The normalized spacial score (nSPS) is 20.6. The van der Waals surface area contributed by atoms with Gasteiger partial charge in [-0.05, 0) is 49.1 Å². The van der Waals surface area contributed by atoms with Gasteiger partial charge in [0, 0.05) is 32.1 Å². The Morgan fingerprint density at radius 2 is 1.96 bits per heavy atom. The van der Waals surface area contributed by atoms with Crippen LogP contribution in [0.25, 0.3) is 11.0 Å². The van der Waals surface area contributed by atoms with Crippen LogP contribution in [-0.4, -0.2) is 52.7 Å². The molecule has 1 N–H and O–H groups in total. The van der Waals surface area contributed by atoms with Gasteiger partial charge in [-0.3, -0.25) is 9.59 Å². The van der Waals surface area contributed by atoms with Crippen molar-refractivity contribution in [2.24, 2.45) is 5.92 Å². The predicted molar refractivity (Wildman–Crippen MR) is 96.8 cm³/mol. The lowest BCUT2D eigenvalue weighted by Gasteiger charge is -2.21. The predicted octanol–water partition coefficient (Wildman–Crippen LogP) is 2.02. The first-order chi connectivity index (χ1) is 12.5. The van der Waals surface area contributed by atoms with E-state index in [-0.39, 0.29) is 30.2 Å². The maximum Gasteiger partial charge on any atom is 0.229 e. The van der Waals surface area contributed by atoms with Crippen LogP contribution in [0, 0.1) is 5.92 Å².